The maximum Gasteiger partial charge on any atom is 0.227 e. The third-order valence-electron chi connectivity index (χ3n) is 4.67. The molecule has 1 aromatic carbocycles. The van der Waals surface area contributed by atoms with Gasteiger partial charge in [0.05, 0.1) is 19.1 Å². The van der Waals surface area contributed by atoms with Gasteiger partial charge in [-0.3, -0.25) is 4.79 Å². The number of aromatic amines is 1. The standard InChI is InChI=1S/C17H23N3O2/c1-19(2)13-8-14(11-21)20(10-13)17(22)7-12-9-18-16-6-4-3-5-15(12)16/h3-6,9,13-14,18,21H,7-8,10-11H2,1-2H3. The predicted octanol–water partition coefficient (Wildman–Crippen LogP) is 1.23. The van der Waals surface area contributed by atoms with Gasteiger partial charge in [-0.25, -0.2) is 0 Å². The van der Waals surface area contributed by atoms with Gasteiger partial charge in [-0.1, -0.05) is 18.2 Å². The fraction of sp³-hybridized carbons (Fsp3) is 0.471. The number of aliphatic hydroxyl groups excluding tert-OH is 1. The molecule has 0 aliphatic carbocycles. The lowest BCUT2D eigenvalue weighted by Gasteiger charge is -2.23. The van der Waals surface area contributed by atoms with Crippen molar-refractivity contribution < 1.29 is 9.90 Å². The van der Waals surface area contributed by atoms with Crippen LogP contribution in [0.4, 0.5) is 0 Å². The second-order valence-corrected chi connectivity index (χ2v) is 6.27. The Morgan fingerprint density at radius 2 is 2.18 bits per heavy atom. The maximum absolute atomic E-state index is 12.7. The summed E-state index contributed by atoms with van der Waals surface area (Å²) < 4.78 is 0. The van der Waals surface area contributed by atoms with Crippen LogP contribution < -0.4 is 0 Å². The highest BCUT2D eigenvalue weighted by Crippen LogP contribution is 2.24. The predicted molar refractivity (Wildman–Crippen MR) is 86.7 cm³/mol. The topological polar surface area (TPSA) is 59.6 Å². The fourth-order valence-electron chi connectivity index (χ4n) is 3.29. The van der Waals surface area contributed by atoms with Gasteiger partial charge >= 0.3 is 0 Å². The van der Waals surface area contributed by atoms with E-state index in [9.17, 15) is 9.90 Å². The number of rotatable bonds is 4. The number of nitrogens with one attached hydrogen (secondary N) is 1. The van der Waals surface area contributed by atoms with Gasteiger partial charge in [-0.2, -0.15) is 0 Å². The number of hydrogen-bond acceptors (Lipinski definition) is 3. The van der Waals surface area contributed by atoms with E-state index in [-0.39, 0.29) is 18.6 Å². The number of aromatic nitrogens is 1. The Balaban J connectivity index is 1.76. The van der Waals surface area contributed by atoms with E-state index in [1.165, 1.54) is 0 Å². The van der Waals surface area contributed by atoms with Gasteiger partial charge in [0.25, 0.3) is 0 Å². The summed E-state index contributed by atoms with van der Waals surface area (Å²) in [5.41, 5.74) is 2.07. The first kappa shape index (κ1) is 15.1. The monoisotopic (exact) mass is 301 g/mol. The molecule has 2 heterocycles. The van der Waals surface area contributed by atoms with Crippen LogP contribution in [0.2, 0.25) is 0 Å². The molecule has 1 amide bonds. The average molecular weight is 301 g/mol. The molecule has 118 valence electrons. The molecular formula is C17H23N3O2. The molecule has 1 aliphatic heterocycles. The number of nitrogens with zero attached hydrogens (tertiary/aromatic N) is 2. The van der Waals surface area contributed by atoms with E-state index in [2.05, 4.69) is 9.88 Å². The van der Waals surface area contributed by atoms with E-state index in [1.807, 2.05) is 49.5 Å². The molecule has 1 aromatic heterocycles. The van der Waals surface area contributed by atoms with Crippen molar-refractivity contribution in [3.63, 3.8) is 0 Å². The summed E-state index contributed by atoms with van der Waals surface area (Å²) in [7, 11) is 4.04. The SMILES string of the molecule is CN(C)C1CC(CO)N(C(=O)Cc2c[nH]c3ccccc23)C1. The highest BCUT2D eigenvalue weighted by Gasteiger charge is 2.35. The van der Waals surface area contributed by atoms with E-state index >= 15 is 0 Å². The van der Waals surface area contributed by atoms with Crippen LogP contribution in [0.1, 0.15) is 12.0 Å². The summed E-state index contributed by atoms with van der Waals surface area (Å²) >= 11 is 0. The molecule has 1 aliphatic rings. The van der Waals surface area contributed by atoms with Gasteiger partial charge in [0.1, 0.15) is 0 Å². The number of para-hydroxylation sites is 1. The Kier molecular flexibility index (Phi) is 4.18. The van der Waals surface area contributed by atoms with Crippen molar-refractivity contribution in [3.8, 4) is 0 Å². The van der Waals surface area contributed by atoms with Gasteiger partial charge in [-0.05, 0) is 32.1 Å². The molecule has 5 heteroatoms. The Hall–Kier alpha value is -1.85. The summed E-state index contributed by atoms with van der Waals surface area (Å²) in [6.07, 6.45) is 3.12. The van der Waals surface area contributed by atoms with Crippen molar-refractivity contribution in [2.75, 3.05) is 27.2 Å². The number of likely N-dealkylation sites (tertiary alicyclic amines) is 1. The average Bonchev–Trinajstić information content (AvgIpc) is 3.12. The van der Waals surface area contributed by atoms with Crippen LogP contribution >= 0.6 is 0 Å². The van der Waals surface area contributed by atoms with Crippen molar-refractivity contribution in [1.82, 2.24) is 14.8 Å². The third kappa shape index (κ3) is 2.74. The normalized spacial score (nSPS) is 21.9. The lowest BCUT2D eigenvalue weighted by Crippen LogP contribution is -2.39. The number of carbonyl (C=O) groups excluding carboxylic acids is 1. The first-order valence-corrected chi connectivity index (χ1v) is 7.72. The molecule has 0 bridgehead atoms. The molecule has 2 aromatic rings. The van der Waals surface area contributed by atoms with Crippen molar-refractivity contribution in [1.29, 1.82) is 0 Å². The quantitative estimate of drug-likeness (QED) is 0.893. The molecule has 1 fully saturated rings. The zero-order valence-corrected chi connectivity index (χ0v) is 13.1. The smallest absolute Gasteiger partial charge is 0.227 e. The first-order chi connectivity index (χ1) is 10.6. The van der Waals surface area contributed by atoms with E-state index in [0.29, 0.717) is 19.0 Å². The van der Waals surface area contributed by atoms with Crippen molar-refractivity contribution >= 4 is 16.8 Å². The zero-order valence-electron chi connectivity index (χ0n) is 13.1. The summed E-state index contributed by atoms with van der Waals surface area (Å²) in [6, 6.07) is 8.27. The molecule has 1 saturated heterocycles. The van der Waals surface area contributed by atoms with E-state index in [0.717, 1.165) is 22.9 Å². The Morgan fingerprint density at radius 3 is 2.91 bits per heavy atom. The van der Waals surface area contributed by atoms with Crippen LogP contribution in [0, 0.1) is 0 Å². The number of fused-ring (bicyclic) bond motifs is 1. The third-order valence-corrected chi connectivity index (χ3v) is 4.67. The molecule has 2 unspecified atom stereocenters. The molecule has 2 N–H and O–H groups in total. The second kappa shape index (κ2) is 6.10. The largest absolute Gasteiger partial charge is 0.394 e. The highest BCUT2D eigenvalue weighted by atomic mass is 16.3. The molecule has 2 atom stereocenters. The lowest BCUT2D eigenvalue weighted by molar-refractivity contribution is -0.132. The van der Waals surface area contributed by atoms with Crippen LogP contribution in [0.5, 0.6) is 0 Å². The van der Waals surface area contributed by atoms with Crippen molar-refractivity contribution in [2.45, 2.75) is 24.9 Å². The van der Waals surface area contributed by atoms with E-state index in [1.54, 1.807) is 0 Å². The fourth-order valence-corrected chi connectivity index (χ4v) is 3.29. The summed E-state index contributed by atoms with van der Waals surface area (Å²) in [5, 5.41) is 10.7. The van der Waals surface area contributed by atoms with Gasteiger partial charge in [0.2, 0.25) is 5.91 Å². The number of carbonyl (C=O) groups is 1. The lowest BCUT2D eigenvalue weighted by atomic mass is 10.1. The zero-order chi connectivity index (χ0) is 15.7. The van der Waals surface area contributed by atoms with Crippen LogP contribution in [-0.2, 0) is 11.2 Å². The number of benzene rings is 1. The molecule has 0 saturated carbocycles. The number of likely N-dealkylation sites (N-methyl/N-ethyl adjacent to an activating group) is 1. The minimum atomic E-state index is -0.0647. The molecule has 0 radical (unpaired) electrons. The summed E-state index contributed by atoms with van der Waals surface area (Å²) in [6.45, 7) is 0.726. The minimum absolute atomic E-state index is 0.0317. The van der Waals surface area contributed by atoms with Crippen LogP contribution in [0.15, 0.2) is 30.5 Å². The van der Waals surface area contributed by atoms with Gasteiger partial charge in [0.15, 0.2) is 0 Å². The Labute approximate surface area is 130 Å². The van der Waals surface area contributed by atoms with Crippen molar-refractivity contribution in [2.24, 2.45) is 0 Å². The summed E-state index contributed by atoms with van der Waals surface area (Å²) in [4.78, 5) is 19.9. The first-order valence-electron chi connectivity index (χ1n) is 7.72. The van der Waals surface area contributed by atoms with Crippen LogP contribution in [0.3, 0.4) is 0 Å². The van der Waals surface area contributed by atoms with Crippen LogP contribution in [0.25, 0.3) is 10.9 Å². The molecule has 3 rings (SSSR count). The Morgan fingerprint density at radius 1 is 1.41 bits per heavy atom. The molecule has 5 nitrogen and oxygen atoms in total. The Bertz CT molecular complexity index is 665. The highest BCUT2D eigenvalue weighted by molar-refractivity contribution is 5.89. The van der Waals surface area contributed by atoms with E-state index < -0.39 is 0 Å². The molecular weight excluding hydrogens is 278 g/mol. The van der Waals surface area contributed by atoms with E-state index in [4.69, 9.17) is 0 Å². The van der Waals surface area contributed by atoms with Gasteiger partial charge in [0, 0.05) is 29.7 Å². The molecule has 0 spiro atoms. The number of amides is 1. The minimum Gasteiger partial charge on any atom is -0.394 e. The summed E-state index contributed by atoms with van der Waals surface area (Å²) in [5.74, 6) is 0.0909. The second-order valence-electron chi connectivity index (χ2n) is 6.27. The number of aliphatic hydroxyl groups is 1. The maximum atomic E-state index is 12.7. The number of H-pyrrole nitrogens is 1. The van der Waals surface area contributed by atoms with Crippen molar-refractivity contribution in [3.05, 3.63) is 36.0 Å². The molecule has 22 heavy (non-hydrogen) atoms. The number of hydrogen-bond donors (Lipinski definition) is 2. The van der Waals surface area contributed by atoms with Gasteiger partial charge in [-0.15, -0.1) is 0 Å². The van der Waals surface area contributed by atoms with Crippen LogP contribution in [-0.4, -0.2) is 65.1 Å². The van der Waals surface area contributed by atoms with Gasteiger partial charge < -0.3 is 19.9 Å².